The molecule has 0 aliphatic carbocycles. The molecule has 8 heteroatoms. The Morgan fingerprint density at radius 3 is 3.00 bits per heavy atom. The monoisotopic (exact) mass is 383 g/mol. The van der Waals surface area contributed by atoms with Crippen molar-refractivity contribution < 1.29 is 18.8 Å². The number of nitrogens with one attached hydrogen (secondary N) is 1. The highest BCUT2D eigenvalue weighted by molar-refractivity contribution is 7.13. The summed E-state index contributed by atoms with van der Waals surface area (Å²) in [4.78, 5) is 27.1. The maximum Gasteiger partial charge on any atom is 0.273 e. The summed E-state index contributed by atoms with van der Waals surface area (Å²) < 4.78 is 10.7. The van der Waals surface area contributed by atoms with Crippen molar-refractivity contribution in [3.8, 4) is 16.4 Å². The Labute approximate surface area is 159 Å². The van der Waals surface area contributed by atoms with Gasteiger partial charge in [0.25, 0.3) is 11.8 Å². The van der Waals surface area contributed by atoms with Gasteiger partial charge >= 0.3 is 0 Å². The Hall–Kier alpha value is -3.13. The van der Waals surface area contributed by atoms with Crippen molar-refractivity contribution in [2.24, 2.45) is 0 Å². The van der Waals surface area contributed by atoms with E-state index in [2.05, 4.69) is 10.5 Å². The number of rotatable bonds is 5. The molecule has 138 valence electrons. The quantitative estimate of drug-likeness (QED) is 0.732. The molecule has 0 saturated carbocycles. The molecule has 0 bridgehead atoms. The minimum atomic E-state index is -0.333. The van der Waals surface area contributed by atoms with Gasteiger partial charge in [0.15, 0.2) is 18.1 Å². The first-order chi connectivity index (χ1) is 13.2. The van der Waals surface area contributed by atoms with E-state index in [9.17, 15) is 9.59 Å². The number of amides is 2. The third-order valence-corrected chi connectivity index (χ3v) is 5.10. The summed E-state index contributed by atoms with van der Waals surface area (Å²) in [5.41, 5.74) is 1.17. The van der Waals surface area contributed by atoms with Crippen LogP contribution in [0.15, 0.2) is 52.4 Å². The molecule has 3 heterocycles. The maximum absolute atomic E-state index is 12.3. The lowest BCUT2D eigenvalue weighted by Crippen LogP contribution is -2.39. The van der Waals surface area contributed by atoms with Crippen LogP contribution in [0.4, 0.5) is 0 Å². The number of hydrogen-bond donors (Lipinski definition) is 1. The van der Waals surface area contributed by atoms with E-state index in [4.69, 9.17) is 9.26 Å². The van der Waals surface area contributed by atoms with Crippen molar-refractivity contribution in [1.82, 2.24) is 15.4 Å². The van der Waals surface area contributed by atoms with Gasteiger partial charge in [-0.25, -0.2) is 0 Å². The van der Waals surface area contributed by atoms with E-state index in [0.29, 0.717) is 25.4 Å². The molecular weight excluding hydrogens is 366 g/mol. The lowest BCUT2D eigenvalue weighted by molar-refractivity contribution is -0.133. The number of fused-ring (bicyclic) bond motifs is 1. The van der Waals surface area contributed by atoms with E-state index in [0.717, 1.165) is 16.2 Å². The topological polar surface area (TPSA) is 84.7 Å². The van der Waals surface area contributed by atoms with Gasteiger partial charge in [0, 0.05) is 31.3 Å². The lowest BCUT2D eigenvalue weighted by Gasteiger charge is -2.19. The molecule has 0 atom stereocenters. The molecule has 1 aliphatic heterocycles. The fraction of sp³-hybridized carbons (Fsp3) is 0.211. The Morgan fingerprint density at radius 2 is 2.15 bits per heavy atom. The highest BCUT2D eigenvalue weighted by Gasteiger charge is 2.21. The molecule has 7 nitrogen and oxygen atoms in total. The van der Waals surface area contributed by atoms with Crippen molar-refractivity contribution in [2.45, 2.75) is 6.54 Å². The zero-order valence-corrected chi connectivity index (χ0v) is 15.2. The number of carbonyl (C=O) groups is 2. The second-order valence-electron chi connectivity index (χ2n) is 6.02. The standard InChI is InChI=1S/C19H17N3O4S/c23-18-12-25-15-5-2-1-4-13(15)11-22(18)8-7-20-19(24)14-10-16(26-21-14)17-6-3-9-27-17/h1-6,9-10H,7-8,11-12H2,(H,20,24). The summed E-state index contributed by atoms with van der Waals surface area (Å²) >= 11 is 1.51. The molecule has 1 aliphatic rings. The van der Waals surface area contributed by atoms with E-state index in [1.807, 2.05) is 41.8 Å². The SMILES string of the molecule is O=C(NCCN1Cc2ccccc2OCC1=O)c1cc(-c2cccs2)on1. The number of carbonyl (C=O) groups excluding carboxylic acids is 2. The highest BCUT2D eigenvalue weighted by Crippen LogP contribution is 2.25. The molecule has 2 aromatic heterocycles. The Kier molecular flexibility index (Phi) is 4.88. The molecule has 0 unspecified atom stereocenters. The molecule has 0 fully saturated rings. The summed E-state index contributed by atoms with van der Waals surface area (Å²) in [6.45, 7) is 1.15. The van der Waals surface area contributed by atoms with E-state index < -0.39 is 0 Å². The normalized spacial score (nSPS) is 13.6. The van der Waals surface area contributed by atoms with Gasteiger partial charge in [-0.2, -0.15) is 0 Å². The number of benzene rings is 1. The third kappa shape index (κ3) is 3.85. The van der Waals surface area contributed by atoms with Gasteiger partial charge in [-0.3, -0.25) is 9.59 Å². The zero-order valence-electron chi connectivity index (χ0n) is 14.4. The van der Waals surface area contributed by atoms with Crippen LogP contribution in [0.25, 0.3) is 10.6 Å². The summed E-state index contributed by atoms with van der Waals surface area (Å²) in [6, 6.07) is 13.0. The van der Waals surface area contributed by atoms with Crippen molar-refractivity contribution in [3.05, 3.63) is 59.1 Å². The second-order valence-corrected chi connectivity index (χ2v) is 6.97. The van der Waals surface area contributed by atoms with Crippen molar-refractivity contribution in [2.75, 3.05) is 19.7 Å². The van der Waals surface area contributed by atoms with Crippen LogP contribution in [-0.2, 0) is 11.3 Å². The smallest absolute Gasteiger partial charge is 0.273 e. The number of hydrogen-bond acceptors (Lipinski definition) is 6. The highest BCUT2D eigenvalue weighted by atomic mass is 32.1. The predicted octanol–water partition coefficient (Wildman–Crippen LogP) is 2.55. The number of nitrogens with zero attached hydrogens (tertiary/aromatic N) is 2. The molecule has 0 radical (unpaired) electrons. The second kappa shape index (κ2) is 7.63. The zero-order chi connectivity index (χ0) is 18.6. The maximum atomic E-state index is 12.3. The van der Waals surface area contributed by atoms with Crippen LogP contribution in [0.5, 0.6) is 5.75 Å². The molecule has 27 heavy (non-hydrogen) atoms. The van der Waals surface area contributed by atoms with Crippen molar-refractivity contribution in [1.29, 1.82) is 0 Å². The molecule has 1 aromatic carbocycles. The number of aromatic nitrogens is 1. The summed E-state index contributed by atoms with van der Waals surface area (Å²) in [5.74, 6) is 0.843. The Bertz CT molecular complexity index is 952. The molecule has 1 N–H and O–H groups in total. The van der Waals surface area contributed by atoms with Crippen LogP contribution in [-0.4, -0.2) is 41.6 Å². The first-order valence-corrected chi connectivity index (χ1v) is 9.36. The largest absolute Gasteiger partial charge is 0.483 e. The fourth-order valence-corrected chi connectivity index (χ4v) is 3.49. The average Bonchev–Trinajstić information content (AvgIpc) is 3.35. The lowest BCUT2D eigenvalue weighted by atomic mass is 10.2. The molecule has 0 saturated heterocycles. The third-order valence-electron chi connectivity index (χ3n) is 4.21. The van der Waals surface area contributed by atoms with Crippen LogP contribution < -0.4 is 10.1 Å². The van der Waals surface area contributed by atoms with Crippen LogP contribution >= 0.6 is 11.3 Å². The minimum absolute atomic E-state index is 0.00157. The van der Waals surface area contributed by atoms with Gasteiger partial charge in [-0.05, 0) is 17.5 Å². The van der Waals surface area contributed by atoms with Crippen LogP contribution in [0, 0.1) is 0 Å². The van der Waals surface area contributed by atoms with Gasteiger partial charge in [-0.1, -0.05) is 29.4 Å². The summed E-state index contributed by atoms with van der Waals surface area (Å²) in [7, 11) is 0. The van der Waals surface area contributed by atoms with Crippen LogP contribution in [0.3, 0.4) is 0 Å². The van der Waals surface area contributed by atoms with Crippen LogP contribution in [0.1, 0.15) is 16.1 Å². The molecule has 0 spiro atoms. The van der Waals surface area contributed by atoms with Gasteiger partial charge in [0.2, 0.25) is 0 Å². The van der Waals surface area contributed by atoms with E-state index in [1.54, 1.807) is 11.0 Å². The van der Waals surface area contributed by atoms with E-state index in [-0.39, 0.29) is 24.1 Å². The average molecular weight is 383 g/mol. The Balaban J connectivity index is 1.34. The number of ether oxygens (including phenoxy) is 1. The van der Waals surface area contributed by atoms with Gasteiger partial charge in [-0.15, -0.1) is 11.3 Å². The molecular formula is C19H17N3O4S. The van der Waals surface area contributed by atoms with E-state index in [1.165, 1.54) is 11.3 Å². The first-order valence-electron chi connectivity index (χ1n) is 8.48. The van der Waals surface area contributed by atoms with Gasteiger partial charge in [0.1, 0.15) is 5.75 Å². The Morgan fingerprint density at radius 1 is 1.26 bits per heavy atom. The summed E-state index contributed by atoms with van der Waals surface area (Å²) in [5, 5.41) is 8.52. The van der Waals surface area contributed by atoms with Crippen LogP contribution in [0.2, 0.25) is 0 Å². The first kappa shape index (κ1) is 17.3. The number of para-hydroxylation sites is 1. The fourth-order valence-electron chi connectivity index (χ4n) is 2.82. The predicted molar refractivity (Wildman–Crippen MR) is 99.5 cm³/mol. The summed E-state index contributed by atoms with van der Waals surface area (Å²) in [6.07, 6.45) is 0. The van der Waals surface area contributed by atoms with Crippen molar-refractivity contribution in [3.63, 3.8) is 0 Å². The molecule has 2 amide bonds. The number of thiophene rings is 1. The van der Waals surface area contributed by atoms with Gasteiger partial charge < -0.3 is 19.5 Å². The minimum Gasteiger partial charge on any atom is -0.483 e. The van der Waals surface area contributed by atoms with Crippen molar-refractivity contribution >= 4 is 23.2 Å². The van der Waals surface area contributed by atoms with E-state index >= 15 is 0 Å². The molecule has 4 rings (SSSR count). The van der Waals surface area contributed by atoms with Gasteiger partial charge in [0.05, 0.1) is 4.88 Å². The molecule has 3 aromatic rings.